The van der Waals surface area contributed by atoms with E-state index in [-0.39, 0.29) is 22.9 Å². The number of nitrogens with zero attached hydrogens (tertiary/aromatic N) is 2. The summed E-state index contributed by atoms with van der Waals surface area (Å²) in [7, 11) is 0. The molecule has 6 nitrogen and oxygen atoms in total. The lowest BCUT2D eigenvalue weighted by molar-refractivity contribution is -0.144. The molecule has 0 fully saturated rings. The number of hydrogen-bond acceptors (Lipinski definition) is 5. The van der Waals surface area contributed by atoms with Crippen molar-refractivity contribution in [2.24, 2.45) is 0 Å². The Hall–Kier alpha value is -2.36. The molecule has 0 aromatic carbocycles. The zero-order valence-corrected chi connectivity index (χ0v) is 15.5. The summed E-state index contributed by atoms with van der Waals surface area (Å²) in [6.45, 7) is 6.10. The highest BCUT2D eigenvalue weighted by Crippen LogP contribution is 2.33. The van der Waals surface area contributed by atoms with Crippen LogP contribution in [0.1, 0.15) is 39.1 Å². The number of esters is 1. The number of ether oxygens (including phenoxy) is 1. The van der Waals surface area contributed by atoms with Crippen LogP contribution < -0.4 is 5.32 Å². The van der Waals surface area contributed by atoms with Crippen LogP contribution in [0.15, 0.2) is 6.07 Å². The lowest BCUT2D eigenvalue weighted by Crippen LogP contribution is -2.24. The van der Waals surface area contributed by atoms with E-state index in [1.165, 1.54) is 6.92 Å². The summed E-state index contributed by atoms with van der Waals surface area (Å²) in [6, 6.07) is 0.872. The van der Waals surface area contributed by atoms with Crippen molar-refractivity contribution in [2.75, 3.05) is 11.9 Å². The molecule has 1 N–H and O–H groups in total. The molecule has 2 aromatic rings. The standard InChI is InChI=1S/C16H18F3N3O3S/c1-5-25-15(24)13-9(3)10(4)26-14(13)20-12(23)7-22-11(16(17,18)19)6-8(2)21-22/h6H,5,7H2,1-4H3,(H,20,23). The Kier molecular flexibility index (Phi) is 5.74. The Morgan fingerprint density at radius 3 is 2.54 bits per heavy atom. The minimum Gasteiger partial charge on any atom is -0.462 e. The van der Waals surface area contributed by atoms with Gasteiger partial charge in [-0.1, -0.05) is 0 Å². The normalized spacial score (nSPS) is 11.5. The first-order chi connectivity index (χ1) is 12.0. The number of halogens is 3. The van der Waals surface area contributed by atoms with Gasteiger partial charge in [-0.2, -0.15) is 18.3 Å². The van der Waals surface area contributed by atoms with E-state index in [4.69, 9.17) is 4.74 Å². The molecule has 2 rings (SSSR count). The van der Waals surface area contributed by atoms with Crippen molar-refractivity contribution in [1.29, 1.82) is 0 Å². The van der Waals surface area contributed by atoms with Gasteiger partial charge in [-0.25, -0.2) is 4.79 Å². The third-order valence-corrected chi connectivity index (χ3v) is 4.73. The molecular weight excluding hydrogens is 371 g/mol. The van der Waals surface area contributed by atoms with Crippen LogP contribution >= 0.6 is 11.3 Å². The second kappa shape index (κ2) is 7.48. The average molecular weight is 389 g/mol. The van der Waals surface area contributed by atoms with Gasteiger partial charge in [0, 0.05) is 4.88 Å². The molecule has 0 radical (unpaired) electrons. The van der Waals surface area contributed by atoms with Gasteiger partial charge in [0.25, 0.3) is 0 Å². The van der Waals surface area contributed by atoms with Crippen molar-refractivity contribution in [2.45, 2.75) is 40.4 Å². The predicted molar refractivity (Wildman–Crippen MR) is 90.3 cm³/mol. The number of carbonyl (C=O) groups is 2. The van der Waals surface area contributed by atoms with E-state index >= 15 is 0 Å². The van der Waals surface area contributed by atoms with Crippen molar-refractivity contribution in [3.63, 3.8) is 0 Å². The number of amides is 1. The van der Waals surface area contributed by atoms with Gasteiger partial charge in [0.2, 0.25) is 5.91 Å². The van der Waals surface area contributed by atoms with Crippen molar-refractivity contribution >= 4 is 28.2 Å². The first-order valence-corrected chi connectivity index (χ1v) is 8.54. The molecule has 0 aliphatic rings. The van der Waals surface area contributed by atoms with E-state index < -0.39 is 30.3 Å². The molecule has 1 amide bonds. The lowest BCUT2D eigenvalue weighted by Gasteiger charge is -2.11. The van der Waals surface area contributed by atoms with Crippen LogP contribution in [0.3, 0.4) is 0 Å². The Morgan fingerprint density at radius 1 is 1.31 bits per heavy atom. The number of aromatic nitrogens is 2. The lowest BCUT2D eigenvalue weighted by atomic mass is 10.1. The number of aryl methyl sites for hydroxylation is 2. The number of nitrogens with one attached hydrogen (secondary N) is 1. The van der Waals surface area contributed by atoms with Gasteiger partial charge in [-0.15, -0.1) is 11.3 Å². The van der Waals surface area contributed by atoms with Gasteiger partial charge in [0.15, 0.2) is 0 Å². The van der Waals surface area contributed by atoms with Crippen LogP contribution in [0.5, 0.6) is 0 Å². The maximum Gasteiger partial charge on any atom is 0.433 e. The predicted octanol–water partition coefficient (Wildman–Crippen LogP) is 3.70. The second-order valence-corrected chi connectivity index (χ2v) is 6.81. The summed E-state index contributed by atoms with van der Waals surface area (Å²) in [6.07, 6.45) is -4.62. The summed E-state index contributed by atoms with van der Waals surface area (Å²) in [5, 5.41) is 6.47. The second-order valence-electron chi connectivity index (χ2n) is 5.58. The Balaban J connectivity index is 2.25. The molecule has 0 unspecified atom stereocenters. The third-order valence-electron chi connectivity index (χ3n) is 3.60. The maximum atomic E-state index is 13.0. The highest BCUT2D eigenvalue weighted by atomic mass is 32.1. The van der Waals surface area contributed by atoms with Gasteiger partial charge in [-0.3, -0.25) is 9.48 Å². The fourth-order valence-electron chi connectivity index (χ4n) is 2.36. The molecule has 0 saturated carbocycles. The van der Waals surface area contributed by atoms with Gasteiger partial charge in [0.05, 0.1) is 17.9 Å². The molecule has 0 spiro atoms. The van der Waals surface area contributed by atoms with Crippen LogP contribution in [-0.4, -0.2) is 28.3 Å². The first-order valence-electron chi connectivity index (χ1n) is 7.73. The Bertz CT molecular complexity index is 840. The topological polar surface area (TPSA) is 73.2 Å². The van der Waals surface area contributed by atoms with Gasteiger partial charge in [-0.05, 0) is 39.3 Å². The SMILES string of the molecule is CCOC(=O)c1c(NC(=O)Cn2nc(C)cc2C(F)(F)F)sc(C)c1C. The average Bonchev–Trinajstić information content (AvgIpc) is 2.99. The molecule has 0 atom stereocenters. The van der Waals surface area contributed by atoms with E-state index in [2.05, 4.69) is 10.4 Å². The summed E-state index contributed by atoms with van der Waals surface area (Å²) in [4.78, 5) is 25.1. The molecule has 10 heteroatoms. The molecule has 142 valence electrons. The molecule has 0 aliphatic carbocycles. The van der Waals surface area contributed by atoms with Crippen molar-refractivity contribution in [3.05, 3.63) is 33.5 Å². The number of anilines is 1. The zero-order chi connectivity index (χ0) is 19.6. The van der Waals surface area contributed by atoms with Crippen LogP contribution in [0.25, 0.3) is 0 Å². The summed E-state index contributed by atoms with van der Waals surface area (Å²) < 4.78 is 44.6. The molecule has 0 saturated heterocycles. The van der Waals surface area contributed by atoms with Crippen LogP contribution in [0.4, 0.5) is 18.2 Å². The minimum absolute atomic E-state index is 0.153. The Labute approximate surface area is 152 Å². The molecule has 2 aromatic heterocycles. The van der Waals surface area contributed by atoms with Crippen molar-refractivity contribution in [1.82, 2.24) is 9.78 Å². The van der Waals surface area contributed by atoms with E-state index in [0.717, 1.165) is 22.3 Å². The number of alkyl halides is 3. The van der Waals surface area contributed by atoms with E-state index in [0.29, 0.717) is 10.2 Å². The smallest absolute Gasteiger partial charge is 0.433 e. The maximum absolute atomic E-state index is 13.0. The monoisotopic (exact) mass is 389 g/mol. The highest BCUT2D eigenvalue weighted by Gasteiger charge is 2.36. The van der Waals surface area contributed by atoms with Gasteiger partial charge >= 0.3 is 12.1 Å². The van der Waals surface area contributed by atoms with Crippen LogP contribution in [-0.2, 0) is 22.3 Å². The summed E-state index contributed by atoms with van der Waals surface area (Å²) >= 11 is 1.16. The number of rotatable bonds is 5. The quantitative estimate of drug-likeness (QED) is 0.792. The molecular formula is C16H18F3N3O3S. The third kappa shape index (κ3) is 4.24. The highest BCUT2D eigenvalue weighted by molar-refractivity contribution is 7.16. The van der Waals surface area contributed by atoms with Crippen molar-refractivity contribution in [3.8, 4) is 0 Å². The molecule has 0 aliphatic heterocycles. The van der Waals surface area contributed by atoms with Gasteiger partial charge < -0.3 is 10.1 Å². The summed E-state index contributed by atoms with van der Waals surface area (Å²) in [5.41, 5.74) is 0.0273. The van der Waals surface area contributed by atoms with Crippen LogP contribution in [0, 0.1) is 20.8 Å². The summed E-state index contributed by atoms with van der Waals surface area (Å²) in [5.74, 6) is -1.30. The molecule has 2 heterocycles. The first kappa shape index (κ1) is 20.0. The fourth-order valence-corrected chi connectivity index (χ4v) is 3.43. The molecule has 26 heavy (non-hydrogen) atoms. The number of hydrogen-bond donors (Lipinski definition) is 1. The number of thiophene rings is 1. The van der Waals surface area contributed by atoms with Crippen molar-refractivity contribution < 1.29 is 27.5 Å². The zero-order valence-electron chi connectivity index (χ0n) is 14.7. The van der Waals surface area contributed by atoms with Gasteiger partial charge in [0.1, 0.15) is 17.2 Å². The minimum atomic E-state index is -4.62. The Morgan fingerprint density at radius 2 is 1.96 bits per heavy atom. The number of carbonyl (C=O) groups excluding carboxylic acids is 2. The fraction of sp³-hybridized carbons (Fsp3) is 0.438. The van der Waals surface area contributed by atoms with Crippen LogP contribution in [0.2, 0.25) is 0 Å². The van der Waals surface area contributed by atoms with E-state index in [1.807, 2.05) is 0 Å². The largest absolute Gasteiger partial charge is 0.462 e. The van der Waals surface area contributed by atoms with E-state index in [1.54, 1.807) is 20.8 Å². The molecule has 0 bridgehead atoms. The van der Waals surface area contributed by atoms with E-state index in [9.17, 15) is 22.8 Å².